The molecule has 0 atom stereocenters. The van der Waals surface area contributed by atoms with E-state index in [-0.39, 0.29) is 0 Å². The van der Waals surface area contributed by atoms with Gasteiger partial charge < -0.3 is 30.7 Å². The number of fused-ring (bicyclic) bond motifs is 1. The van der Waals surface area contributed by atoms with Crippen molar-refractivity contribution in [1.82, 2.24) is 10.2 Å². The first-order valence-electron chi connectivity index (χ1n) is 10.6. The van der Waals surface area contributed by atoms with Crippen molar-refractivity contribution in [1.29, 1.82) is 0 Å². The summed E-state index contributed by atoms with van der Waals surface area (Å²) in [5.41, 5.74) is 8.07. The highest BCUT2D eigenvalue weighted by Gasteiger charge is 2.30. The third kappa shape index (κ3) is 6.01. The Hall–Kier alpha value is -2.68. The van der Waals surface area contributed by atoms with Crippen LogP contribution in [0, 0.1) is 0 Å². The number of nitrogens with two attached hydrogens (primary N) is 1. The number of amides is 1. The summed E-state index contributed by atoms with van der Waals surface area (Å²) in [6.45, 7) is 3.05. The van der Waals surface area contributed by atoms with Crippen molar-refractivity contribution in [3.05, 3.63) is 45.4 Å². The van der Waals surface area contributed by atoms with Crippen molar-refractivity contribution in [3.8, 4) is 11.5 Å². The first-order chi connectivity index (χ1) is 15.8. The summed E-state index contributed by atoms with van der Waals surface area (Å²) in [6, 6.07) is 6.83. The zero-order valence-electron chi connectivity index (χ0n) is 18.7. The predicted octanol–water partition coefficient (Wildman–Crippen LogP) is 3.25. The number of hydrogen-bond acceptors (Lipinski definition) is 7. The fraction of sp³-hybridized carbons (Fsp3) is 0.391. The standard InChI is InChI=1S/C23H28Cl2N4O4/c1-32-19-10-14-4-9-29(23(31)22(30)16(14)13-20(19)33-2)8-3-5-27-6-7-28-15-11-17(24)21(26)18(25)12-15/h10-13,27-28H,3-9,26H2,1-2H3. The van der Waals surface area contributed by atoms with Crippen molar-refractivity contribution < 1.29 is 19.1 Å². The van der Waals surface area contributed by atoms with Crippen LogP contribution in [0.3, 0.4) is 0 Å². The van der Waals surface area contributed by atoms with Gasteiger partial charge in [-0.3, -0.25) is 9.59 Å². The van der Waals surface area contributed by atoms with Crippen LogP contribution in [0.2, 0.25) is 10.0 Å². The summed E-state index contributed by atoms with van der Waals surface area (Å²) >= 11 is 12.1. The molecule has 1 heterocycles. The Kier molecular flexibility index (Phi) is 8.66. The molecular formula is C23H28Cl2N4O4. The number of ether oxygens (including phenoxy) is 2. The van der Waals surface area contributed by atoms with Crippen molar-refractivity contribution in [2.75, 3.05) is 58.0 Å². The Morgan fingerprint density at radius 3 is 2.33 bits per heavy atom. The molecule has 1 amide bonds. The third-order valence-electron chi connectivity index (χ3n) is 5.48. The first kappa shape index (κ1) is 25.0. The van der Waals surface area contributed by atoms with Gasteiger partial charge in [-0.05, 0) is 49.2 Å². The SMILES string of the molecule is COc1cc2c(cc1OC)C(=O)C(=O)N(CCCNCCNc1cc(Cl)c(N)c(Cl)c1)CC2. The molecule has 0 bridgehead atoms. The van der Waals surface area contributed by atoms with E-state index in [0.717, 1.165) is 17.7 Å². The number of anilines is 2. The summed E-state index contributed by atoms with van der Waals surface area (Å²) in [5, 5.41) is 7.36. The number of halogens is 2. The van der Waals surface area contributed by atoms with Gasteiger partial charge in [-0.2, -0.15) is 0 Å². The van der Waals surface area contributed by atoms with Crippen LogP contribution < -0.4 is 25.8 Å². The molecule has 178 valence electrons. The van der Waals surface area contributed by atoms with E-state index in [2.05, 4.69) is 10.6 Å². The molecule has 0 aliphatic carbocycles. The number of Topliss-reactive ketones (excluding diaryl/α,β-unsaturated/α-hetero) is 1. The van der Waals surface area contributed by atoms with Crippen LogP contribution in [0.5, 0.6) is 11.5 Å². The third-order valence-corrected chi connectivity index (χ3v) is 6.10. The largest absolute Gasteiger partial charge is 0.493 e. The normalized spacial score (nSPS) is 13.5. The smallest absolute Gasteiger partial charge is 0.294 e. The molecule has 1 aliphatic heterocycles. The number of hydrogen-bond donors (Lipinski definition) is 3. The number of carbonyl (C=O) groups excluding carboxylic acids is 2. The van der Waals surface area contributed by atoms with Crippen LogP contribution in [0.1, 0.15) is 22.3 Å². The molecule has 0 aromatic heterocycles. The minimum atomic E-state index is -0.513. The molecule has 10 heteroatoms. The van der Waals surface area contributed by atoms with E-state index in [1.807, 2.05) is 0 Å². The monoisotopic (exact) mass is 494 g/mol. The second-order valence-corrected chi connectivity index (χ2v) is 8.43. The fourth-order valence-corrected chi connectivity index (χ4v) is 4.16. The Bertz CT molecular complexity index is 1010. The molecule has 0 saturated carbocycles. The van der Waals surface area contributed by atoms with Crippen molar-refractivity contribution >= 4 is 46.3 Å². The molecule has 0 fully saturated rings. The summed E-state index contributed by atoms with van der Waals surface area (Å²) in [5.74, 6) is -0.0142. The van der Waals surface area contributed by atoms with Gasteiger partial charge in [-0.25, -0.2) is 0 Å². The highest BCUT2D eigenvalue weighted by Crippen LogP contribution is 2.33. The second-order valence-electron chi connectivity index (χ2n) is 7.62. The summed E-state index contributed by atoms with van der Waals surface area (Å²) in [4.78, 5) is 27.1. The minimum absolute atomic E-state index is 0.366. The van der Waals surface area contributed by atoms with E-state index in [1.54, 1.807) is 36.3 Å². The van der Waals surface area contributed by atoms with Crippen molar-refractivity contribution in [3.63, 3.8) is 0 Å². The quantitative estimate of drug-likeness (QED) is 0.264. The summed E-state index contributed by atoms with van der Waals surface area (Å²) in [6.07, 6.45) is 1.30. The lowest BCUT2D eigenvalue weighted by molar-refractivity contribution is -0.126. The van der Waals surface area contributed by atoms with Crippen LogP contribution in [0.15, 0.2) is 24.3 Å². The Labute approximate surface area is 203 Å². The van der Waals surface area contributed by atoms with Crippen LogP contribution in [0.4, 0.5) is 11.4 Å². The van der Waals surface area contributed by atoms with E-state index in [0.29, 0.717) is 71.9 Å². The highest BCUT2D eigenvalue weighted by atomic mass is 35.5. The van der Waals surface area contributed by atoms with Crippen LogP contribution in [0.25, 0.3) is 0 Å². The van der Waals surface area contributed by atoms with E-state index in [4.69, 9.17) is 38.4 Å². The van der Waals surface area contributed by atoms with Gasteiger partial charge in [-0.15, -0.1) is 0 Å². The molecule has 33 heavy (non-hydrogen) atoms. The number of methoxy groups -OCH3 is 2. The van der Waals surface area contributed by atoms with Gasteiger partial charge in [0.2, 0.25) is 0 Å². The van der Waals surface area contributed by atoms with E-state index < -0.39 is 11.7 Å². The maximum atomic E-state index is 12.8. The average Bonchev–Trinajstić information content (AvgIpc) is 2.92. The number of benzene rings is 2. The summed E-state index contributed by atoms with van der Waals surface area (Å²) < 4.78 is 10.6. The topological polar surface area (TPSA) is 106 Å². The Balaban J connectivity index is 1.44. The molecule has 2 aromatic rings. The number of carbonyl (C=O) groups is 2. The second kappa shape index (κ2) is 11.4. The number of nitrogens with one attached hydrogen (secondary N) is 2. The van der Waals surface area contributed by atoms with E-state index in [1.165, 1.54) is 7.11 Å². The van der Waals surface area contributed by atoms with Crippen LogP contribution >= 0.6 is 23.2 Å². The van der Waals surface area contributed by atoms with Crippen LogP contribution in [-0.2, 0) is 11.2 Å². The minimum Gasteiger partial charge on any atom is -0.493 e. The predicted molar refractivity (Wildman–Crippen MR) is 131 cm³/mol. The van der Waals surface area contributed by atoms with Crippen LogP contribution in [-0.4, -0.2) is 63.5 Å². The number of rotatable bonds is 10. The molecule has 0 saturated heterocycles. The van der Waals surface area contributed by atoms with Crippen molar-refractivity contribution in [2.24, 2.45) is 0 Å². The van der Waals surface area contributed by atoms with Gasteiger partial charge in [-0.1, -0.05) is 23.2 Å². The Morgan fingerprint density at radius 1 is 1.00 bits per heavy atom. The maximum absolute atomic E-state index is 12.8. The van der Waals surface area contributed by atoms with Gasteiger partial charge >= 0.3 is 0 Å². The zero-order valence-corrected chi connectivity index (χ0v) is 20.2. The Morgan fingerprint density at radius 2 is 1.67 bits per heavy atom. The molecular weight excluding hydrogens is 467 g/mol. The molecule has 3 rings (SSSR count). The van der Waals surface area contributed by atoms with E-state index >= 15 is 0 Å². The number of ketones is 1. The van der Waals surface area contributed by atoms with Gasteiger partial charge in [0.1, 0.15) is 0 Å². The average molecular weight is 495 g/mol. The number of nitrogens with zero attached hydrogens (tertiary/aromatic N) is 1. The summed E-state index contributed by atoms with van der Waals surface area (Å²) in [7, 11) is 3.05. The van der Waals surface area contributed by atoms with Gasteiger partial charge in [0.05, 0.1) is 30.0 Å². The lowest BCUT2D eigenvalue weighted by atomic mass is 10.0. The zero-order chi connectivity index (χ0) is 24.0. The van der Waals surface area contributed by atoms with Crippen molar-refractivity contribution in [2.45, 2.75) is 12.8 Å². The van der Waals surface area contributed by atoms with Gasteiger partial charge in [0, 0.05) is 37.4 Å². The molecule has 1 aliphatic rings. The van der Waals surface area contributed by atoms with Gasteiger partial charge in [0.15, 0.2) is 11.5 Å². The molecule has 8 nitrogen and oxygen atoms in total. The fourth-order valence-electron chi connectivity index (χ4n) is 3.67. The molecule has 4 N–H and O–H groups in total. The highest BCUT2D eigenvalue weighted by molar-refractivity contribution is 6.43. The lowest BCUT2D eigenvalue weighted by Crippen LogP contribution is -2.38. The molecule has 2 aromatic carbocycles. The molecule has 0 radical (unpaired) electrons. The molecule has 0 spiro atoms. The number of nitrogen functional groups attached to an aromatic ring is 1. The molecule has 0 unspecified atom stereocenters. The van der Waals surface area contributed by atoms with Gasteiger partial charge in [0.25, 0.3) is 11.7 Å². The maximum Gasteiger partial charge on any atom is 0.294 e. The van der Waals surface area contributed by atoms with E-state index in [9.17, 15) is 9.59 Å². The lowest BCUT2D eigenvalue weighted by Gasteiger charge is -2.19. The first-order valence-corrected chi connectivity index (χ1v) is 11.4.